The number of ether oxygens (including phenoxy) is 4. The van der Waals surface area contributed by atoms with E-state index in [4.69, 9.17) is 23.9 Å². The topological polar surface area (TPSA) is 79.2 Å². The summed E-state index contributed by atoms with van der Waals surface area (Å²) in [6.07, 6.45) is 1.59. The minimum atomic E-state index is -0.614. The third-order valence-corrected chi connectivity index (χ3v) is 4.97. The summed E-state index contributed by atoms with van der Waals surface area (Å²) in [6.45, 7) is 7.95. The van der Waals surface area contributed by atoms with Crippen molar-refractivity contribution < 1.29 is 23.7 Å². The first-order valence-corrected chi connectivity index (χ1v) is 9.77. The van der Waals surface area contributed by atoms with E-state index in [1.165, 1.54) is 0 Å². The van der Waals surface area contributed by atoms with E-state index < -0.39 is 11.8 Å². The summed E-state index contributed by atoms with van der Waals surface area (Å²) in [7, 11) is 0. The van der Waals surface area contributed by atoms with E-state index in [0.29, 0.717) is 23.1 Å². The third-order valence-electron chi connectivity index (χ3n) is 4.97. The highest BCUT2D eigenvalue weighted by Crippen LogP contribution is 2.51. The standard InChI is InChI=1S/C22H24N2O5/c1-5-26-22(25)17-13(4)24-15-9-10-23-21(29-12(2)3)19(15)18(17)14-7-6-8-16-20(14)28-11-27-16/h6-10,12,17-18H,5,11H2,1-4H3. The van der Waals surface area contributed by atoms with Crippen LogP contribution in [0, 0.1) is 5.92 Å². The molecule has 152 valence electrons. The molecule has 4 rings (SSSR count). The van der Waals surface area contributed by atoms with Gasteiger partial charge in [0.05, 0.1) is 18.4 Å². The van der Waals surface area contributed by atoms with E-state index in [0.717, 1.165) is 16.8 Å². The largest absolute Gasteiger partial charge is 0.475 e. The lowest BCUT2D eigenvalue weighted by atomic mass is 9.76. The Bertz CT molecular complexity index is 970. The molecule has 2 atom stereocenters. The molecule has 1 aromatic heterocycles. The molecule has 2 aliphatic heterocycles. The van der Waals surface area contributed by atoms with Gasteiger partial charge in [-0.2, -0.15) is 0 Å². The fraction of sp³-hybridized carbons (Fsp3) is 0.409. The number of aromatic nitrogens is 1. The normalized spacial score (nSPS) is 19.6. The van der Waals surface area contributed by atoms with Crippen molar-refractivity contribution in [2.24, 2.45) is 10.9 Å². The van der Waals surface area contributed by atoms with Crippen molar-refractivity contribution in [2.45, 2.75) is 39.7 Å². The third kappa shape index (κ3) is 3.41. The number of hydrogen-bond donors (Lipinski definition) is 0. The van der Waals surface area contributed by atoms with Gasteiger partial charge in [0.2, 0.25) is 12.7 Å². The van der Waals surface area contributed by atoms with Gasteiger partial charge in [0.1, 0.15) is 5.92 Å². The van der Waals surface area contributed by atoms with Gasteiger partial charge in [-0.15, -0.1) is 0 Å². The van der Waals surface area contributed by atoms with Crippen LogP contribution in [0.2, 0.25) is 0 Å². The predicted molar refractivity (Wildman–Crippen MR) is 107 cm³/mol. The molecule has 0 N–H and O–H groups in total. The van der Waals surface area contributed by atoms with Crippen LogP contribution in [0.4, 0.5) is 5.69 Å². The molecular formula is C22H24N2O5. The van der Waals surface area contributed by atoms with Crippen molar-refractivity contribution in [1.82, 2.24) is 4.98 Å². The Kier molecular flexibility index (Phi) is 5.13. The molecule has 2 aliphatic rings. The Labute approximate surface area is 169 Å². The number of pyridine rings is 1. The first kappa shape index (κ1) is 19.2. The zero-order valence-corrected chi connectivity index (χ0v) is 17.0. The number of para-hydroxylation sites is 1. The Hall–Kier alpha value is -3.09. The smallest absolute Gasteiger partial charge is 0.315 e. The van der Waals surface area contributed by atoms with Crippen LogP contribution in [0.5, 0.6) is 17.4 Å². The molecule has 2 unspecified atom stereocenters. The van der Waals surface area contributed by atoms with Crippen molar-refractivity contribution in [3.63, 3.8) is 0 Å². The number of carbonyl (C=O) groups excluding carboxylic acids is 1. The number of rotatable bonds is 5. The maximum absolute atomic E-state index is 13.0. The lowest BCUT2D eigenvalue weighted by molar-refractivity contribution is -0.146. The lowest BCUT2D eigenvalue weighted by Gasteiger charge is -2.32. The van der Waals surface area contributed by atoms with Crippen molar-refractivity contribution in [1.29, 1.82) is 0 Å². The Morgan fingerprint density at radius 1 is 1.28 bits per heavy atom. The van der Waals surface area contributed by atoms with Gasteiger partial charge in [-0.25, -0.2) is 4.98 Å². The molecule has 3 heterocycles. The van der Waals surface area contributed by atoms with Gasteiger partial charge in [0, 0.05) is 29.0 Å². The van der Waals surface area contributed by atoms with E-state index in [-0.39, 0.29) is 25.5 Å². The van der Waals surface area contributed by atoms with Gasteiger partial charge in [0.25, 0.3) is 0 Å². The van der Waals surface area contributed by atoms with E-state index in [9.17, 15) is 4.79 Å². The minimum absolute atomic E-state index is 0.0798. The average Bonchev–Trinajstić information content (AvgIpc) is 3.15. The van der Waals surface area contributed by atoms with Crippen molar-refractivity contribution in [3.8, 4) is 17.4 Å². The zero-order valence-electron chi connectivity index (χ0n) is 17.0. The van der Waals surface area contributed by atoms with E-state index in [1.54, 1.807) is 13.1 Å². The fourth-order valence-corrected chi connectivity index (χ4v) is 3.89. The van der Waals surface area contributed by atoms with Gasteiger partial charge in [-0.3, -0.25) is 9.79 Å². The average molecular weight is 396 g/mol. The first-order valence-electron chi connectivity index (χ1n) is 9.77. The zero-order chi connectivity index (χ0) is 20.5. The molecule has 0 aliphatic carbocycles. The molecule has 0 saturated heterocycles. The fourth-order valence-electron chi connectivity index (χ4n) is 3.89. The molecule has 0 saturated carbocycles. The highest BCUT2D eigenvalue weighted by molar-refractivity contribution is 6.05. The van der Waals surface area contributed by atoms with Gasteiger partial charge in [0.15, 0.2) is 11.5 Å². The van der Waals surface area contributed by atoms with Crippen molar-refractivity contribution >= 4 is 17.4 Å². The predicted octanol–water partition coefficient (Wildman–Crippen LogP) is 4.01. The highest BCUT2D eigenvalue weighted by atomic mass is 16.7. The van der Waals surface area contributed by atoms with Crippen LogP contribution < -0.4 is 14.2 Å². The molecule has 0 fully saturated rings. The summed E-state index contributed by atoms with van der Waals surface area (Å²) in [5, 5.41) is 0. The maximum Gasteiger partial charge on any atom is 0.315 e. The summed E-state index contributed by atoms with van der Waals surface area (Å²) in [5.74, 6) is 0.385. The number of nitrogens with zero attached hydrogens (tertiary/aromatic N) is 2. The number of aliphatic imine (C=N–C) groups is 1. The summed E-state index contributed by atoms with van der Waals surface area (Å²) < 4.78 is 22.7. The van der Waals surface area contributed by atoms with Crippen LogP contribution in [0.15, 0.2) is 35.5 Å². The number of hydrogen-bond acceptors (Lipinski definition) is 7. The van der Waals surface area contributed by atoms with Gasteiger partial charge in [-0.1, -0.05) is 12.1 Å². The molecule has 0 bridgehead atoms. The molecular weight excluding hydrogens is 372 g/mol. The summed E-state index contributed by atoms with van der Waals surface area (Å²) in [5.41, 5.74) is 3.00. The van der Waals surface area contributed by atoms with E-state index in [1.807, 2.05) is 45.0 Å². The minimum Gasteiger partial charge on any atom is -0.475 e. The van der Waals surface area contributed by atoms with Crippen LogP contribution in [-0.4, -0.2) is 36.2 Å². The Balaban J connectivity index is 1.95. The molecule has 2 aromatic rings. The van der Waals surface area contributed by atoms with Gasteiger partial charge >= 0.3 is 5.97 Å². The van der Waals surface area contributed by atoms with Crippen molar-refractivity contribution in [3.05, 3.63) is 41.6 Å². The van der Waals surface area contributed by atoms with Gasteiger partial charge in [-0.05, 0) is 39.8 Å². The summed E-state index contributed by atoms with van der Waals surface area (Å²) >= 11 is 0. The number of fused-ring (bicyclic) bond motifs is 2. The molecule has 0 spiro atoms. The maximum atomic E-state index is 13.0. The highest BCUT2D eigenvalue weighted by Gasteiger charge is 2.43. The number of esters is 1. The SMILES string of the molecule is CCOC(=O)C1C(C)=Nc2ccnc(OC(C)C)c2C1c1cccc2c1OCO2. The number of benzene rings is 1. The molecule has 7 nitrogen and oxygen atoms in total. The molecule has 1 aromatic carbocycles. The van der Waals surface area contributed by atoms with Crippen molar-refractivity contribution in [2.75, 3.05) is 13.4 Å². The molecule has 7 heteroatoms. The second-order valence-corrected chi connectivity index (χ2v) is 7.26. The summed E-state index contributed by atoms with van der Waals surface area (Å²) in [6, 6.07) is 7.52. The lowest BCUT2D eigenvalue weighted by Crippen LogP contribution is -2.34. The second kappa shape index (κ2) is 7.73. The van der Waals surface area contributed by atoms with E-state index in [2.05, 4.69) is 4.98 Å². The number of carbonyl (C=O) groups is 1. The quantitative estimate of drug-likeness (QED) is 0.711. The summed E-state index contributed by atoms with van der Waals surface area (Å²) in [4.78, 5) is 22.1. The van der Waals surface area contributed by atoms with Crippen LogP contribution in [-0.2, 0) is 9.53 Å². The van der Waals surface area contributed by atoms with E-state index >= 15 is 0 Å². The van der Waals surface area contributed by atoms with Gasteiger partial charge < -0.3 is 18.9 Å². The molecule has 29 heavy (non-hydrogen) atoms. The van der Waals surface area contributed by atoms with Crippen LogP contribution in [0.3, 0.4) is 0 Å². The van der Waals surface area contributed by atoms with Crippen LogP contribution >= 0.6 is 0 Å². The monoisotopic (exact) mass is 396 g/mol. The molecule has 0 amide bonds. The van der Waals surface area contributed by atoms with Crippen LogP contribution in [0.25, 0.3) is 0 Å². The van der Waals surface area contributed by atoms with Crippen LogP contribution in [0.1, 0.15) is 44.7 Å². The second-order valence-electron chi connectivity index (χ2n) is 7.26. The Morgan fingerprint density at radius 3 is 2.86 bits per heavy atom. The first-order chi connectivity index (χ1) is 14.0. The molecule has 0 radical (unpaired) electrons. The Morgan fingerprint density at radius 2 is 2.10 bits per heavy atom.